The van der Waals surface area contributed by atoms with Crippen LogP contribution in [-0.2, 0) is 13.1 Å². The fourth-order valence-electron chi connectivity index (χ4n) is 2.61. The highest BCUT2D eigenvalue weighted by Crippen LogP contribution is 2.34. The molecule has 0 bridgehead atoms. The first kappa shape index (κ1) is 12.7. The molecule has 0 aliphatic carbocycles. The summed E-state index contributed by atoms with van der Waals surface area (Å²) in [6, 6.07) is 2.05. The summed E-state index contributed by atoms with van der Waals surface area (Å²) in [4.78, 5) is 2.51. The highest BCUT2D eigenvalue weighted by molar-refractivity contribution is 5.16. The number of nitrogens with zero attached hydrogens (tertiary/aromatic N) is 1. The highest BCUT2D eigenvalue weighted by Gasteiger charge is 2.31. The van der Waals surface area contributed by atoms with Gasteiger partial charge >= 0.3 is 0 Å². The molecule has 1 atom stereocenters. The molecule has 1 unspecified atom stereocenters. The topological polar surface area (TPSA) is 42.4 Å². The van der Waals surface area contributed by atoms with Crippen molar-refractivity contribution in [1.82, 2.24) is 4.90 Å². The van der Waals surface area contributed by atoms with Gasteiger partial charge in [-0.15, -0.1) is 0 Å². The van der Waals surface area contributed by atoms with Crippen LogP contribution in [0.1, 0.15) is 38.5 Å². The van der Waals surface area contributed by atoms with E-state index in [9.17, 15) is 0 Å². The van der Waals surface area contributed by atoms with Crippen LogP contribution in [0.5, 0.6) is 0 Å². The van der Waals surface area contributed by atoms with E-state index in [2.05, 4.69) is 25.7 Å². The molecule has 0 radical (unpaired) electrons. The molecule has 0 aromatic carbocycles. The average molecular weight is 236 g/mol. The van der Waals surface area contributed by atoms with E-state index in [-0.39, 0.29) is 0 Å². The summed E-state index contributed by atoms with van der Waals surface area (Å²) in [5.74, 6) is 1.74. The predicted molar refractivity (Wildman–Crippen MR) is 69.4 cm³/mol. The Bertz CT molecular complexity index is 365. The lowest BCUT2D eigenvalue weighted by Gasteiger charge is -2.27. The molecule has 1 fully saturated rings. The van der Waals surface area contributed by atoms with Gasteiger partial charge in [0.1, 0.15) is 5.76 Å². The van der Waals surface area contributed by atoms with Crippen molar-refractivity contribution < 1.29 is 4.42 Å². The van der Waals surface area contributed by atoms with Gasteiger partial charge in [-0.1, -0.05) is 20.8 Å². The van der Waals surface area contributed by atoms with Crippen LogP contribution in [0.4, 0.5) is 0 Å². The number of nitrogens with two attached hydrogens (primary N) is 1. The minimum Gasteiger partial charge on any atom is -0.468 e. The standard InChI is InChI=1S/C14H24N2O/c1-14(2,3)12-4-6-16(10-12)9-11-5-7-17-13(11)8-15/h5,7,12H,4,6,8-10,15H2,1-3H3. The average Bonchev–Trinajstić information content (AvgIpc) is 2.86. The Morgan fingerprint density at radius 2 is 2.24 bits per heavy atom. The first-order chi connectivity index (χ1) is 8.00. The summed E-state index contributed by atoms with van der Waals surface area (Å²) in [6.07, 6.45) is 3.05. The van der Waals surface area contributed by atoms with Crippen LogP contribution < -0.4 is 5.73 Å². The van der Waals surface area contributed by atoms with Crippen molar-refractivity contribution in [3.05, 3.63) is 23.7 Å². The second kappa shape index (κ2) is 4.83. The molecule has 0 amide bonds. The van der Waals surface area contributed by atoms with Gasteiger partial charge < -0.3 is 10.2 Å². The summed E-state index contributed by atoms with van der Waals surface area (Å²) in [7, 11) is 0. The fraction of sp³-hybridized carbons (Fsp3) is 0.714. The maximum Gasteiger partial charge on any atom is 0.121 e. The van der Waals surface area contributed by atoms with Gasteiger partial charge in [0.15, 0.2) is 0 Å². The molecule has 1 aliphatic rings. The summed E-state index contributed by atoms with van der Waals surface area (Å²) < 4.78 is 5.37. The van der Waals surface area contributed by atoms with E-state index < -0.39 is 0 Å². The van der Waals surface area contributed by atoms with E-state index in [0.717, 1.165) is 18.2 Å². The number of hydrogen-bond donors (Lipinski definition) is 1. The van der Waals surface area contributed by atoms with Crippen LogP contribution in [0.25, 0.3) is 0 Å². The Hall–Kier alpha value is -0.800. The smallest absolute Gasteiger partial charge is 0.121 e. The molecule has 0 spiro atoms. The largest absolute Gasteiger partial charge is 0.468 e. The molecule has 1 aromatic rings. The Balaban J connectivity index is 1.94. The van der Waals surface area contributed by atoms with Crippen molar-refractivity contribution in [1.29, 1.82) is 0 Å². The molecule has 1 aliphatic heterocycles. The predicted octanol–water partition coefficient (Wildman–Crippen LogP) is 2.61. The summed E-state index contributed by atoms with van der Waals surface area (Å²) in [5, 5.41) is 0. The van der Waals surface area contributed by atoms with Crippen LogP contribution in [0, 0.1) is 11.3 Å². The Labute approximate surface area is 104 Å². The molecule has 1 saturated heterocycles. The summed E-state index contributed by atoms with van der Waals surface area (Å²) in [6.45, 7) is 10.9. The number of hydrogen-bond acceptors (Lipinski definition) is 3. The lowest BCUT2D eigenvalue weighted by atomic mass is 9.80. The van der Waals surface area contributed by atoms with Crippen LogP contribution in [0.2, 0.25) is 0 Å². The maximum atomic E-state index is 5.65. The van der Waals surface area contributed by atoms with E-state index in [4.69, 9.17) is 10.2 Å². The van der Waals surface area contributed by atoms with Crippen LogP contribution in [-0.4, -0.2) is 18.0 Å². The van der Waals surface area contributed by atoms with Crippen molar-refractivity contribution >= 4 is 0 Å². The Morgan fingerprint density at radius 1 is 1.47 bits per heavy atom. The zero-order valence-corrected chi connectivity index (χ0v) is 11.2. The van der Waals surface area contributed by atoms with Crippen molar-refractivity contribution in [3.63, 3.8) is 0 Å². The molecule has 3 heteroatoms. The first-order valence-corrected chi connectivity index (χ1v) is 6.48. The van der Waals surface area contributed by atoms with Crippen molar-refractivity contribution in [2.24, 2.45) is 17.1 Å². The van der Waals surface area contributed by atoms with Crippen LogP contribution in [0.15, 0.2) is 16.7 Å². The van der Waals surface area contributed by atoms with Gasteiger partial charge in [0.2, 0.25) is 0 Å². The molecule has 3 nitrogen and oxygen atoms in total. The first-order valence-electron chi connectivity index (χ1n) is 6.48. The third-order valence-electron chi connectivity index (χ3n) is 3.91. The van der Waals surface area contributed by atoms with Gasteiger partial charge in [0.05, 0.1) is 12.8 Å². The van der Waals surface area contributed by atoms with E-state index in [0.29, 0.717) is 12.0 Å². The Kier molecular flexibility index (Phi) is 3.59. The zero-order valence-electron chi connectivity index (χ0n) is 11.2. The third kappa shape index (κ3) is 2.90. The van der Waals surface area contributed by atoms with Gasteiger partial charge in [-0.25, -0.2) is 0 Å². The van der Waals surface area contributed by atoms with Crippen LogP contribution in [0.3, 0.4) is 0 Å². The van der Waals surface area contributed by atoms with Gasteiger partial charge in [-0.05, 0) is 30.4 Å². The lowest BCUT2D eigenvalue weighted by molar-refractivity contribution is 0.226. The minimum absolute atomic E-state index is 0.418. The second-order valence-corrected chi connectivity index (χ2v) is 6.16. The van der Waals surface area contributed by atoms with E-state index >= 15 is 0 Å². The number of furan rings is 1. The quantitative estimate of drug-likeness (QED) is 0.877. The van der Waals surface area contributed by atoms with Crippen molar-refractivity contribution in [3.8, 4) is 0 Å². The zero-order chi connectivity index (χ0) is 12.5. The SMILES string of the molecule is CC(C)(C)C1CCN(Cc2ccoc2CN)C1. The molecule has 1 aromatic heterocycles. The van der Waals surface area contributed by atoms with Gasteiger partial charge in [-0.3, -0.25) is 4.90 Å². The van der Waals surface area contributed by atoms with Gasteiger partial charge in [-0.2, -0.15) is 0 Å². The molecular formula is C14H24N2O. The van der Waals surface area contributed by atoms with E-state index in [1.165, 1.54) is 25.1 Å². The van der Waals surface area contributed by atoms with E-state index in [1.807, 2.05) is 6.07 Å². The van der Waals surface area contributed by atoms with Gasteiger partial charge in [0, 0.05) is 18.7 Å². The number of rotatable bonds is 3. The third-order valence-corrected chi connectivity index (χ3v) is 3.91. The summed E-state index contributed by atoms with van der Waals surface area (Å²) in [5.41, 5.74) is 7.32. The second-order valence-electron chi connectivity index (χ2n) is 6.16. The lowest BCUT2D eigenvalue weighted by Crippen LogP contribution is -2.26. The van der Waals surface area contributed by atoms with Crippen molar-refractivity contribution in [2.45, 2.75) is 40.3 Å². The molecule has 2 N–H and O–H groups in total. The molecule has 17 heavy (non-hydrogen) atoms. The maximum absolute atomic E-state index is 5.65. The molecular weight excluding hydrogens is 212 g/mol. The summed E-state index contributed by atoms with van der Waals surface area (Å²) >= 11 is 0. The minimum atomic E-state index is 0.418. The molecule has 96 valence electrons. The number of likely N-dealkylation sites (tertiary alicyclic amines) is 1. The fourth-order valence-corrected chi connectivity index (χ4v) is 2.61. The highest BCUT2D eigenvalue weighted by atomic mass is 16.3. The monoisotopic (exact) mass is 236 g/mol. The molecule has 2 rings (SSSR count). The normalized spacial score (nSPS) is 22.2. The molecule has 0 saturated carbocycles. The van der Waals surface area contributed by atoms with Crippen molar-refractivity contribution in [2.75, 3.05) is 13.1 Å². The van der Waals surface area contributed by atoms with E-state index in [1.54, 1.807) is 6.26 Å². The molecule has 2 heterocycles. The Morgan fingerprint density at radius 3 is 2.82 bits per heavy atom. The van der Waals surface area contributed by atoms with Crippen LogP contribution >= 0.6 is 0 Å². The van der Waals surface area contributed by atoms with Gasteiger partial charge in [0.25, 0.3) is 0 Å².